The molecule has 0 radical (unpaired) electrons. The van der Waals surface area contributed by atoms with Gasteiger partial charge in [-0.3, -0.25) is 0 Å². The van der Waals surface area contributed by atoms with E-state index >= 15 is 0 Å². The maximum absolute atomic E-state index is 6.15. The zero-order valence-electron chi connectivity index (χ0n) is 14.6. The molecule has 0 aromatic carbocycles. The van der Waals surface area contributed by atoms with Crippen LogP contribution in [-0.4, -0.2) is 47.7 Å². The molecule has 0 bridgehead atoms. The van der Waals surface area contributed by atoms with Gasteiger partial charge in [-0.2, -0.15) is 4.98 Å². The van der Waals surface area contributed by atoms with Crippen molar-refractivity contribution in [2.75, 3.05) is 43.8 Å². The maximum Gasteiger partial charge on any atom is 0.242 e. The fourth-order valence-corrected chi connectivity index (χ4v) is 2.01. The molecule has 0 aliphatic rings. The molecule has 0 unspecified atom stereocenters. The number of hydrogen-bond donors (Lipinski definition) is 2. The second kappa shape index (κ2) is 9.46. The van der Waals surface area contributed by atoms with Crippen molar-refractivity contribution >= 4 is 11.5 Å². The summed E-state index contributed by atoms with van der Waals surface area (Å²) in [5.74, 6) is 2.35. The lowest BCUT2D eigenvalue weighted by Crippen LogP contribution is -2.29. The predicted molar refractivity (Wildman–Crippen MR) is 92.4 cm³/mol. The Morgan fingerprint density at radius 2 is 1.86 bits per heavy atom. The molecule has 22 heavy (non-hydrogen) atoms. The highest BCUT2D eigenvalue weighted by molar-refractivity contribution is 5.66. The largest absolute Gasteiger partial charge is 0.476 e. The van der Waals surface area contributed by atoms with Crippen LogP contribution in [0.2, 0.25) is 0 Å². The number of anilines is 2. The molecule has 6 heteroatoms. The van der Waals surface area contributed by atoms with E-state index in [0.717, 1.165) is 38.4 Å². The fourth-order valence-electron chi connectivity index (χ4n) is 2.01. The van der Waals surface area contributed by atoms with Crippen molar-refractivity contribution in [3.63, 3.8) is 0 Å². The summed E-state index contributed by atoms with van der Waals surface area (Å²) in [7, 11) is 0. The van der Waals surface area contributed by atoms with Crippen LogP contribution in [0.3, 0.4) is 0 Å². The van der Waals surface area contributed by atoms with E-state index in [2.05, 4.69) is 47.9 Å². The van der Waals surface area contributed by atoms with Crippen LogP contribution in [0.4, 0.5) is 11.5 Å². The first kappa shape index (κ1) is 18.5. The van der Waals surface area contributed by atoms with Gasteiger partial charge in [-0.1, -0.05) is 34.6 Å². The van der Waals surface area contributed by atoms with Gasteiger partial charge < -0.3 is 20.7 Å². The lowest BCUT2D eigenvalue weighted by atomic mass is 10.2. The lowest BCUT2D eigenvalue weighted by molar-refractivity contribution is 0.262. The summed E-state index contributed by atoms with van der Waals surface area (Å²) < 4.78 is 5.72. The van der Waals surface area contributed by atoms with Crippen molar-refractivity contribution in [1.82, 2.24) is 14.9 Å². The number of nitrogens with zero attached hydrogens (tertiary/aromatic N) is 3. The Labute approximate surface area is 134 Å². The lowest BCUT2D eigenvalue weighted by Gasteiger charge is -2.19. The molecule has 1 aromatic heterocycles. The molecule has 0 amide bonds. The predicted octanol–water partition coefficient (Wildman–Crippen LogP) is 2.41. The monoisotopic (exact) mass is 309 g/mol. The molecular formula is C16H31N5O. The number of hydrogen-bond acceptors (Lipinski definition) is 6. The van der Waals surface area contributed by atoms with Gasteiger partial charge in [-0.05, 0) is 19.0 Å². The van der Waals surface area contributed by atoms with Crippen LogP contribution in [0.15, 0.2) is 0 Å². The Balaban J connectivity index is 2.77. The van der Waals surface area contributed by atoms with E-state index < -0.39 is 0 Å². The summed E-state index contributed by atoms with van der Waals surface area (Å²) in [4.78, 5) is 11.2. The summed E-state index contributed by atoms with van der Waals surface area (Å²) >= 11 is 0. The topological polar surface area (TPSA) is 76.3 Å². The number of rotatable bonds is 10. The van der Waals surface area contributed by atoms with Gasteiger partial charge in [0.2, 0.25) is 5.88 Å². The summed E-state index contributed by atoms with van der Waals surface area (Å²) in [6.45, 7) is 15.0. The van der Waals surface area contributed by atoms with E-state index in [4.69, 9.17) is 10.5 Å². The average Bonchev–Trinajstić information content (AvgIpc) is 2.51. The van der Waals surface area contributed by atoms with Crippen LogP contribution < -0.4 is 15.8 Å². The first-order chi connectivity index (χ1) is 10.5. The first-order valence-corrected chi connectivity index (χ1v) is 8.27. The second-order valence-corrected chi connectivity index (χ2v) is 5.72. The fraction of sp³-hybridized carbons (Fsp3) is 0.750. The van der Waals surface area contributed by atoms with Gasteiger partial charge >= 0.3 is 0 Å². The van der Waals surface area contributed by atoms with Gasteiger partial charge in [0.15, 0.2) is 5.82 Å². The second-order valence-electron chi connectivity index (χ2n) is 5.72. The van der Waals surface area contributed by atoms with Gasteiger partial charge in [0.05, 0.1) is 6.61 Å². The molecule has 0 atom stereocenters. The first-order valence-electron chi connectivity index (χ1n) is 8.27. The SMILES string of the molecule is CCc1nc(NCCN(CC)CC)c(N)c(OCC(C)C)n1. The van der Waals surface area contributed by atoms with Crippen molar-refractivity contribution in [2.45, 2.75) is 41.0 Å². The number of aryl methyl sites for hydroxylation is 1. The molecule has 3 N–H and O–H groups in total. The van der Waals surface area contributed by atoms with Crippen molar-refractivity contribution in [3.8, 4) is 5.88 Å². The molecular weight excluding hydrogens is 278 g/mol. The molecule has 126 valence electrons. The third-order valence-corrected chi connectivity index (χ3v) is 3.44. The third kappa shape index (κ3) is 5.67. The Kier molecular flexibility index (Phi) is 7.95. The van der Waals surface area contributed by atoms with E-state index in [1.807, 2.05) is 6.92 Å². The Morgan fingerprint density at radius 3 is 2.41 bits per heavy atom. The number of nitrogens with two attached hydrogens (primary N) is 1. The summed E-state index contributed by atoms with van der Waals surface area (Å²) in [5.41, 5.74) is 6.65. The highest BCUT2D eigenvalue weighted by atomic mass is 16.5. The van der Waals surface area contributed by atoms with E-state index in [1.54, 1.807) is 0 Å². The molecule has 6 nitrogen and oxygen atoms in total. The van der Waals surface area contributed by atoms with Crippen LogP contribution in [0.25, 0.3) is 0 Å². The van der Waals surface area contributed by atoms with E-state index in [0.29, 0.717) is 29.9 Å². The molecule has 0 fully saturated rings. The van der Waals surface area contributed by atoms with Gasteiger partial charge in [0.25, 0.3) is 0 Å². The normalized spacial score (nSPS) is 11.2. The molecule has 0 saturated heterocycles. The van der Waals surface area contributed by atoms with E-state index in [9.17, 15) is 0 Å². The van der Waals surface area contributed by atoms with Crippen LogP contribution in [0.1, 0.15) is 40.4 Å². The molecule has 0 spiro atoms. The maximum atomic E-state index is 6.15. The number of aromatic nitrogens is 2. The Hall–Kier alpha value is -1.56. The Morgan fingerprint density at radius 1 is 1.18 bits per heavy atom. The molecule has 1 aromatic rings. The third-order valence-electron chi connectivity index (χ3n) is 3.44. The number of ether oxygens (including phenoxy) is 1. The van der Waals surface area contributed by atoms with Gasteiger partial charge in [-0.25, -0.2) is 4.98 Å². The molecule has 1 heterocycles. The molecule has 1 rings (SSSR count). The number of nitrogen functional groups attached to an aromatic ring is 1. The van der Waals surface area contributed by atoms with Crippen molar-refractivity contribution in [3.05, 3.63) is 5.82 Å². The number of likely N-dealkylation sites (N-methyl/N-ethyl adjacent to an activating group) is 1. The molecule has 0 aliphatic carbocycles. The van der Waals surface area contributed by atoms with Crippen molar-refractivity contribution in [1.29, 1.82) is 0 Å². The van der Waals surface area contributed by atoms with Gasteiger partial charge in [0.1, 0.15) is 11.5 Å². The minimum absolute atomic E-state index is 0.429. The quantitative estimate of drug-likeness (QED) is 0.691. The summed E-state index contributed by atoms with van der Waals surface area (Å²) in [6.07, 6.45) is 0.753. The van der Waals surface area contributed by atoms with Gasteiger partial charge in [0, 0.05) is 19.5 Å². The van der Waals surface area contributed by atoms with Crippen LogP contribution in [-0.2, 0) is 6.42 Å². The van der Waals surface area contributed by atoms with E-state index in [-0.39, 0.29) is 0 Å². The minimum Gasteiger partial charge on any atom is -0.476 e. The average molecular weight is 309 g/mol. The molecule has 0 saturated carbocycles. The highest BCUT2D eigenvalue weighted by Crippen LogP contribution is 2.26. The highest BCUT2D eigenvalue weighted by Gasteiger charge is 2.13. The van der Waals surface area contributed by atoms with Gasteiger partial charge in [-0.15, -0.1) is 0 Å². The zero-order valence-corrected chi connectivity index (χ0v) is 14.6. The van der Waals surface area contributed by atoms with Crippen LogP contribution in [0.5, 0.6) is 5.88 Å². The standard InChI is InChI=1S/C16H31N5O/c1-6-13-19-15(18-9-10-21(7-2)8-3)14(17)16(20-13)22-11-12(4)5/h12H,6-11,17H2,1-5H3,(H,18,19,20). The van der Waals surface area contributed by atoms with Crippen LogP contribution >= 0.6 is 0 Å². The molecule has 0 aliphatic heterocycles. The Bertz CT molecular complexity index is 446. The van der Waals surface area contributed by atoms with Crippen LogP contribution in [0, 0.1) is 5.92 Å². The minimum atomic E-state index is 0.429. The number of nitrogens with one attached hydrogen (secondary N) is 1. The van der Waals surface area contributed by atoms with Crippen molar-refractivity contribution < 1.29 is 4.74 Å². The zero-order chi connectivity index (χ0) is 16.5. The summed E-state index contributed by atoms with van der Waals surface area (Å²) in [6, 6.07) is 0. The van der Waals surface area contributed by atoms with E-state index in [1.165, 1.54) is 0 Å². The summed E-state index contributed by atoms with van der Waals surface area (Å²) in [5, 5.41) is 3.32. The van der Waals surface area contributed by atoms with Crippen molar-refractivity contribution in [2.24, 2.45) is 5.92 Å². The smallest absolute Gasteiger partial charge is 0.242 e.